The van der Waals surface area contributed by atoms with Crippen LogP contribution in [0.2, 0.25) is 0 Å². The van der Waals surface area contributed by atoms with Gasteiger partial charge in [0.2, 0.25) is 0 Å². The Bertz CT molecular complexity index is 310. The highest BCUT2D eigenvalue weighted by Gasteiger charge is 1.98. The lowest BCUT2D eigenvalue weighted by Gasteiger charge is -2.04. The van der Waals surface area contributed by atoms with E-state index in [1.54, 1.807) is 14.0 Å². The minimum Gasteiger partial charge on any atom is -0.497 e. The van der Waals surface area contributed by atoms with E-state index in [4.69, 9.17) is 4.74 Å². The molecular formula is C12H16O2. The van der Waals surface area contributed by atoms with Crippen LogP contribution >= 0.6 is 0 Å². The molecule has 14 heavy (non-hydrogen) atoms. The molecule has 0 fully saturated rings. The standard InChI is InChI=1S/C12H16O2/c1-9(10(2)13)8-11-4-6-12(14-3)7-5-11/h4-8,10,13H,1-3H3/b9-8+. The van der Waals surface area contributed by atoms with Crippen molar-refractivity contribution >= 4 is 6.08 Å². The van der Waals surface area contributed by atoms with Crippen LogP contribution < -0.4 is 4.74 Å². The molecule has 1 rings (SSSR count). The summed E-state index contributed by atoms with van der Waals surface area (Å²) in [6.07, 6.45) is 1.57. The van der Waals surface area contributed by atoms with Crippen molar-refractivity contribution < 1.29 is 9.84 Å². The van der Waals surface area contributed by atoms with Crippen LogP contribution in [-0.2, 0) is 0 Å². The van der Waals surface area contributed by atoms with Crippen LogP contribution in [0.3, 0.4) is 0 Å². The molecular weight excluding hydrogens is 176 g/mol. The summed E-state index contributed by atoms with van der Waals surface area (Å²) in [5.41, 5.74) is 2.03. The third kappa shape index (κ3) is 2.89. The Morgan fingerprint density at radius 2 is 1.93 bits per heavy atom. The molecule has 0 saturated heterocycles. The Kier molecular flexibility index (Phi) is 3.72. The van der Waals surface area contributed by atoms with Crippen molar-refractivity contribution in [2.75, 3.05) is 7.11 Å². The van der Waals surface area contributed by atoms with Gasteiger partial charge in [-0.1, -0.05) is 18.2 Å². The first-order valence-electron chi connectivity index (χ1n) is 4.64. The minimum atomic E-state index is -0.392. The summed E-state index contributed by atoms with van der Waals surface area (Å²) in [6.45, 7) is 3.67. The fourth-order valence-electron chi connectivity index (χ4n) is 1.08. The van der Waals surface area contributed by atoms with Gasteiger partial charge in [-0.15, -0.1) is 0 Å². The zero-order valence-corrected chi connectivity index (χ0v) is 8.82. The maximum absolute atomic E-state index is 9.29. The summed E-state index contributed by atoms with van der Waals surface area (Å²) in [7, 11) is 1.64. The van der Waals surface area contributed by atoms with E-state index in [1.807, 2.05) is 37.3 Å². The molecule has 0 radical (unpaired) electrons. The summed E-state index contributed by atoms with van der Waals surface area (Å²) in [6, 6.07) is 7.73. The zero-order chi connectivity index (χ0) is 10.6. The first-order chi connectivity index (χ1) is 6.63. The van der Waals surface area contributed by atoms with E-state index in [9.17, 15) is 5.11 Å². The molecule has 76 valence electrons. The van der Waals surface area contributed by atoms with Crippen molar-refractivity contribution in [3.8, 4) is 5.75 Å². The first-order valence-corrected chi connectivity index (χ1v) is 4.64. The molecule has 1 aromatic rings. The van der Waals surface area contributed by atoms with E-state index in [0.717, 1.165) is 16.9 Å². The van der Waals surface area contributed by atoms with Gasteiger partial charge < -0.3 is 9.84 Å². The van der Waals surface area contributed by atoms with E-state index in [0.29, 0.717) is 0 Å². The van der Waals surface area contributed by atoms with Crippen LogP contribution in [0.5, 0.6) is 5.75 Å². The third-order valence-corrected chi connectivity index (χ3v) is 2.17. The number of aliphatic hydroxyl groups is 1. The lowest BCUT2D eigenvalue weighted by Crippen LogP contribution is -2.00. The number of aliphatic hydroxyl groups excluding tert-OH is 1. The number of hydrogen-bond acceptors (Lipinski definition) is 2. The Morgan fingerprint density at radius 1 is 1.36 bits per heavy atom. The summed E-state index contributed by atoms with van der Waals surface area (Å²) in [5, 5.41) is 9.29. The molecule has 0 amide bonds. The number of methoxy groups -OCH3 is 1. The van der Waals surface area contributed by atoms with Crippen LogP contribution in [0, 0.1) is 0 Å². The molecule has 0 bridgehead atoms. The molecule has 2 nitrogen and oxygen atoms in total. The Hall–Kier alpha value is -1.28. The molecule has 0 heterocycles. The van der Waals surface area contributed by atoms with Crippen LogP contribution in [0.1, 0.15) is 19.4 Å². The van der Waals surface area contributed by atoms with E-state index < -0.39 is 6.10 Å². The van der Waals surface area contributed by atoms with Gasteiger partial charge in [0.25, 0.3) is 0 Å². The topological polar surface area (TPSA) is 29.5 Å². The fraction of sp³-hybridized carbons (Fsp3) is 0.333. The van der Waals surface area contributed by atoms with E-state index in [-0.39, 0.29) is 0 Å². The van der Waals surface area contributed by atoms with Crippen LogP contribution in [-0.4, -0.2) is 18.3 Å². The molecule has 0 spiro atoms. The molecule has 1 aromatic carbocycles. The first kappa shape index (κ1) is 10.8. The predicted molar refractivity (Wildman–Crippen MR) is 58.3 cm³/mol. The van der Waals surface area contributed by atoms with E-state index >= 15 is 0 Å². The zero-order valence-electron chi connectivity index (χ0n) is 8.82. The highest BCUT2D eigenvalue weighted by atomic mass is 16.5. The van der Waals surface area contributed by atoms with Crippen molar-refractivity contribution in [1.82, 2.24) is 0 Å². The highest BCUT2D eigenvalue weighted by molar-refractivity contribution is 5.54. The van der Waals surface area contributed by atoms with E-state index in [2.05, 4.69) is 0 Å². The smallest absolute Gasteiger partial charge is 0.118 e. The van der Waals surface area contributed by atoms with Gasteiger partial charge in [0, 0.05) is 0 Å². The highest BCUT2D eigenvalue weighted by Crippen LogP contribution is 2.14. The van der Waals surface area contributed by atoms with Crippen molar-refractivity contribution in [3.63, 3.8) is 0 Å². The molecule has 0 aliphatic carbocycles. The molecule has 1 unspecified atom stereocenters. The van der Waals surface area contributed by atoms with Crippen LogP contribution in [0.15, 0.2) is 29.8 Å². The van der Waals surface area contributed by atoms with Gasteiger partial charge in [-0.3, -0.25) is 0 Å². The maximum atomic E-state index is 9.29. The molecule has 1 atom stereocenters. The largest absolute Gasteiger partial charge is 0.497 e. The second-order valence-corrected chi connectivity index (χ2v) is 3.34. The molecule has 2 heteroatoms. The second kappa shape index (κ2) is 4.82. The van der Waals surface area contributed by atoms with Crippen LogP contribution in [0.4, 0.5) is 0 Å². The quantitative estimate of drug-likeness (QED) is 0.797. The second-order valence-electron chi connectivity index (χ2n) is 3.34. The third-order valence-electron chi connectivity index (χ3n) is 2.17. The number of ether oxygens (including phenoxy) is 1. The molecule has 0 aliphatic heterocycles. The summed E-state index contributed by atoms with van der Waals surface area (Å²) >= 11 is 0. The predicted octanol–water partition coefficient (Wildman–Crippen LogP) is 2.48. The van der Waals surface area contributed by atoms with Gasteiger partial charge in [-0.2, -0.15) is 0 Å². The monoisotopic (exact) mass is 192 g/mol. The van der Waals surface area contributed by atoms with Crippen molar-refractivity contribution in [1.29, 1.82) is 0 Å². The average Bonchev–Trinajstić information content (AvgIpc) is 2.19. The van der Waals surface area contributed by atoms with Crippen LogP contribution in [0.25, 0.3) is 6.08 Å². The Balaban J connectivity index is 2.83. The SMILES string of the molecule is COc1ccc(/C=C(\C)C(C)O)cc1. The van der Waals surface area contributed by atoms with Crippen molar-refractivity contribution in [3.05, 3.63) is 35.4 Å². The number of hydrogen-bond donors (Lipinski definition) is 1. The van der Waals surface area contributed by atoms with E-state index in [1.165, 1.54) is 0 Å². The molecule has 0 saturated carbocycles. The van der Waals surface area contributed by atoms with Gasteiger partial charge >= 0.3 is 0 Å². The summed E-state index contributed by atoms with van der Waals surface area (Å²) in [4.78, 5) is 0. The van der Waals surface area contributed by atoms with Gasteiger partial charge in [-0.05, 0) is 37.1 Å². The minimum absolute atomic E-state index is 0.392. The maximum Gasteiger partial charge on any atom is 0.118 e. The number of rotatable bonds is 3. The van der Waals surface area contributed by atoms with Gasteiger partial charge in [-0.25, -0.2) is 0 Å². The lowest BCUT2D eigenvalue weighted by atomic mass is 10.1. The summed E-state index contributed by atoms with van der Waals surface area (Å²) < 4.78 is 5.05. The fourth-order valence-corrected chi connectivity index (χ4v) is 1.08. The Labute approximate surface area is 84.8 Å². The van der Waals surface area contributed by atoms with Gasteiger partial charge in [0.05, 0.1) is 13.2 Å². The molecule has 0 aromatic heterocycles. The number of benzene rings is 1. The summed E-state index contributed by atoms with van der Waals surface area (Å²) in [5.74, 6) is 0.844. The molecule has 0 aliphatic rings. The van der Waals surface area contributed by atoms with Crippen molar-refractivity contribution in [2.45, 2.75) is 20.0 Å². The van der Waals surface area contributed by atoms with Crippen molar-refractivity contribution in [2.24, 2.45) is 0 Å². The molecule has 1 N–H and O–H groups in total. The average molecular weight is 192 g/mol. The van der Waals surface area contributed by atoms with Gasteiger partial charge in [0.1, 0.15) is 5.75 Å². The van der Waals surface area contributed by atoms with Gasteiger partial charge in [0.15, 0.2) is 0 Å². The lowest BCUT2D eigenvalue weighted by molar-refractivity contribution is 0.232. The normalized spacial score (nSPS) is 13.9. The Morgan fingerprint density at radius 3 is 2.36 bits per heavy atom.